The van der Waals surface area contributed by atoms with Crippen LogP contribution in [-0.4, -0.2) is 50.3 Å². The summed E-state index contributed by atoms with van der Waals surface area (Å²) >= 11 is 1.79. The van der Waals surface area contributed by atoms with Crippen LogP contribution < -0.4 is 11.1 Å². The molecule has 1 saturated heterocycles. The standard InChI is InChI=1S/C15H26N4OS/c1-12(2)10-17-15(16)18-11-13(14-4-3-9-21-14)19-5-7-20-8-6-19/h3-4,9,12-13H,5-8,10-11H2,1-2H3,(H3,16,17,18). The van der Waals surface area contributed by atoms with Crippen molar-refractivity contribution in [1.82, 2.24) is 10.2 Å². The Morgan fingerprint density at radius 1 is 1.48 bits per heavy atom. The Balaban J connectivity index is 1.94. The Hall–Kier alpha value is -1.11. The number of ether oxygens (including phenoxy) is 1. The second kappa shape index (κ2) is 8.36. The Bertz CT molecular complexity index is 427. The highest BCUT2D eigenvalue weighted by molar-refractivity contribution is 7.10. The van der Waals surface area contributed by atoms with Gasteiger partial charge in [-0.1, -0.05) is 19.9 Å². The van der Waals surface area contributed by atoms with E-state index >= 15 is 0 Å². The molecule has 21 heavy (non-hydrogen) atoms. The van der Waals surface area contributed by atoms with E-state index in [1.54, 1.807) is 11.3 Å². The first-order valence-corrected chi connectivity index (χ1v) is 8.43. The average Bonchev–Trinajstić information content (AvgIpc) is 3.00. The van der Waals surface area contributed by atoms with Crippen LogP contribution in [0.2, 0.25) is 0 Å². The summed E-state index contributed by atoms with van der Waals surface area (Å²) in [5, 5.41) is 5.40. The first-order chi connectivity index (χ1) is 10.2. The van der Waals surface area contributed by atoms with Gasteiger partial charge in [-0.2, -0.15) is 0 Å². The number of thiophene rings is 1. The number of nitrogens with two attached hydrogens (primary N) is 1. The zero-order chi connectivity index (χ0) is 15.1. The normalized spacial score (nSPS) is 18.9. The summed E-state index contributed by atoms with van der Waals surface area (Å²) in [6.45, 7) is 9.37. The fourth-order valence-electron chi connectivity index (χ4n) is 2.32. The van der Waals surface area contributed by atoms with E-state index in [4.69, 9.17) is 10.5 Å². The molecule has 6 heteroatoms. The lowest BCUT2D eigenvalue weighted by Crippen LogP contribution is -2.45. The number of hydrogen-bond acceptors (Lipinski definition) is 4. The van der Waals surface area contributed by atoms with Crippen molar-refractivity contribution in [3.05, 3.63) is 22.4 Å². The van der Waals surface area contributed by atoms with Crippen LogP contribution in [0.5, 0.6) is 0 Å². The summed E-state index contributed by atoms with van der Waals surface area (Å²) in [6, 6.07) is 4.62. The SMILES string of the molecule is CC(C)CN=C(N)NCC(c1cccs1)N1CCOCC1. The van der Waals surface area contributed by atoms with Gasteiger partial charge in [0.05, 0.1) is 19.3 Å². The molecule has 0 radical (unpaired) electrons. The van der Waals surface area contributed by atoms with Crippen molar-refractivity contribution in [2.75, 3.05) is 39.4 Å². The quantitative estimate of drug-likeness (QED) is 0.620. The molecule has 1 aromatic rings. The van der Waals surface area contributed by atoms with Crippen molar-refractivity contribution in [1.29, 1.82) is 0 Å². The molecule has 3 N–H and O–H groups in total. The van der Waals surface area contributed by atoms with Gasteiger partial charge >= 0.3 is 0 Å². The minimum absolute atomic E-state index is 0.335. The number of nitrogens with zero attached hydrogens (tertiary/aromatic N) is 2. The molecular formula is C15H26N4OS. The van der Waals surface area contributed by atoms with Crippen molar-refractivity contribution < 1.29 is 4.74 Å². The Morgan fingerprint density at radius 2 is 2.24 bits per heavy atom. The van der Waals surface area contributed by atoms with Crippen molar-refractivity contribution >= 4 is 17.3 Å². The van der Waals surface area contributed by atoms with Gasteiger partial charge in [-0.05, 0) is 17.4 Å². The van der Waals surface area contributed by atoms with E-state index in [9.17, 15) is 0 Å². The molecule has 0 aromatic carbocycles. The topological polar surface area (TPSA) is 62.9 Å². The molecule has 5 nitrogen and oxygen atoms in total. The minimum atomic E-state index is 0.335. The lowest BCUT2D eigenvalue weighted by molar-refractivity contribution is 0.0177. The van der Waals surface area contributed by atoms with E-state index in [1.165, 1.54) is 4.88 Å². The second-order valence-corrected chi connectivity index (χ2v) is 6.66. The van der Waals surface area contributed by atoms with Crippen molar-refractivity contribution in [2.24, 2.45) is 16.6 Å². The molecule has 2 rings (SSSR count). The molecule has 0 spiro atoms. The highest BCUT2D eigenvalue weighted by Crippen LogP contribution is 2.25. The predicted molar refractivity (Wildman–Crippen MR) is 88.8 cm³/mol. The smallest absolute Gasteiger partial charge is 0.188 e. The lowest BCUT2D eigenvalue weighted by Gasteiger charge is -2.34. The van der Waals surface area contributed by atoms with E-state index in [1.807, 2.05) is 0 Å². The van der Waals surface area contributed by atoms with Gasteiger partial charge in [0, 0.05) is 31.1 Å². The zero-order valence-electron chi connectivity index (χ0n) is 12.9. The van der Waals surface area contributed by atoms with E-state index in [0.29, 0.717) is 17.9 Å². The number of guanidine groups is 1. The Morgan fingerprint density at radius 3 is 2.86 bits per heavy atom. The van der Waals surface area contributed by atoms with Gasteiger partial charge in [0.15, 0.2) is 5.96 Å². The largest absolute Gasteiger partial charge is 0.379 e. The molecule has 1 aromatic heterocycles. The van der Waals surface area contributed by atoms with Crippen LogP contribution in [0.15, 0.2) is 22.5 Å². The first kappa shape index (κ1) is 16.3. The summed E-state index contributed by atoms with van der Waals surface area (Å²) < 4.78 is 5.45. The summed E-state index contributed by atoms with van der Waals surface area (Å²) in [5.41, 5.74) is 5.95. The maximum atomic E-state index is 5.95. The lowest BCUT2D eigenvalue weighted by atomic mass is 10.2. The van der Waals surface area contributed by atoms with Gasteiger partial charge in [-0.3, -0.25) is 9.89 Å². The third kappa shape index (κ3) is 5.30. The molecule has 118 valence electrons. The molecule has 0 amide bonds. The fraction of sp³-hybridized carbons (Fsp3) is 0.667. The second-order valence-electron chi connectivity index (χ2n) is 5.68. The summed E-state index contributed by atoms with van der Waals surface area (Å²) in [4.78, 5) is 8.18. The molecule has 0 bridgehead atoms. The highest BCUT2D eigenvalue weighted by atomic mass is 32.1. The summed E-state index contributed by atoms with van der Waals surface area (Å²) in [5.74, 6) is 1.07. The summed E-state index contributed by atoms with van der Waals surface area (Å²) in [6.07, 6.45) is 0. The van der Waals surface area contributed by atoms with Gasteiger partial charge in [-0.15, -0.1) is 11.3 Å². The number of rotatable bonds is 6. The predicted octanol–water partition coefficient (Wildman–Crippen LogP) is 1.68. The van der Waals surface area contributed by atoms with Gasteiger partial charge in [0.25, 0.3) is 0 Å². The van der Waals surface area contributed by atoms with Gasteiger partial charge < -0.3 is 15.8 Å². The van der Waals surface area contributed by atoms with Crippen LogP contribution in [0.3, 0.4) is 0 Å². The highest BCUT2D eigenvalue weighted by Gasteiger charge is 2.23. The van der Waals surface area contributed by atoms with Crippen LogP contribution in [-0.2, 0) is 4.74 Å². The molecule has 0 saturated carbocycles. The van der Waals surface area contributed by atoms with Crippen molar-refractivity contribution in [2.45, 2.75) is 19.9 Å². The van der Waals surface area contributed by atoms with Crippen molar-refractivity contribution in [3.63, 3.8) is 0 Å². The van der Waals surface area contributed by atoms with Crippen LogP contribution in [0.4, 0.5) is 0 Å². The van der Waals surface area contributed by atoms with Crippen molar-refractivity contribution in [3.8, 4) is 0 Å². The Labute approximate surface area is 131 Å². The molecule has 1 fully saturated rings. The number of hydrogen-bond donors (Lipinski definition) is 2. The molecule has 0 aliphatic carbocycles. The fourth-order valence-corrected chi connectivity index (χ4v) is 3.18. The van der Waals surface area contributed by atoms with Crippen LogP contribution in [0, 0.1) is 5.92 Å². The van der Waals surface area contributed by atoms with E-state index in [2.05, 4.69) is 46.6 Å². The molecule has 2 heterocycles. The summed E-state index contributed by atoms with van der Waals surface area (Å²) in [7, 11) is 0. The molecule has 1 atom stereocenters. The monoisotopic (exact) mass is 310 g/mol. The van der Waals surface area contributed by atoms with Gasteiger partial charge in [-0.25, -0.2) is 0 Å². The maximum Gasteiger partial charge on any atom is 0.188 e. The van der Waals surface area contributed by atoms with E-state index in [-0.39, 0.29) is 0 Å². The number of nitrogens with one attached hydrogen (secondary N) is 1. The first-order valence-electron chi connectivity index (χ1n) is 7.56. The molecule has 1 aliphatic heterocycles. The third-order valence-corrected chi connectivity index (χ3v) is 4.43. The Kier molecular flexibility index (Phi) is 6.48. The number of morpholine rings is 1. The molecule has 1 aliphatic rings. The van der Waals surface area contributed by atoms with E-state index < -0.39 is 0 Å². The van der Waals surface area contributed by atoms with Gasteiger partial charge in [0.2, 0.25) is 0 Å². The van der Waals surface area contributed by atoms with E-state index in [0.717, 1.165) is 39.4 Å². The van der Waals surface area contributed by atoms with Gasteiger partial charge in [0.1, 0.15) is 0 Å². The van der Waals surface area contributed by atoms with Crippen LogP contribution in [0.1, 0.15) is 24.8 Å². The third-order valence-electron chi connectivity index (χ3n) is 3.46. The van der Waals surface area contributed by atoms with Crippen LogP contribution in [0.25, 0.3) is 0 Å². The average molecular weight is 310 g/mol. The number of aliphatic imine (C=N–C) groups is 1. The maximum absolute atomic E-state index is 5.95. The van der Waals surface area contributed by atoms with Crippen LogP contribution >= 0.6 is 11.3 Å². The zero-order valence-corrected chi connectivity index (χ0v) is 13.7. The molecular weight excluding hydrogens is 284 g/mol. The minimum Gasteiger partial charge on any atom is -0.379 e. The molecule has 1 unspecified atom stereocenters.